The molecule has 0 bridgehead atoms. The Morgan fingerprint density at radius 1 is 0.861 bits per heavy atom. The Balaban J connectivity index is 1.98. The highest BCUT2D eigenvalue weighted by Crippen LogP contribution is 2.59. The summed E-state index contributed by atoms with van der Waals surface area (Å²) in [4.78, 5) is 29.4. The van der Waals surface area contributed by atoms with E-state index >= 15 is 0 Å². The van der Waals surface area contributed by atoms with Gasteiger partial charge in [0.1, 0.15) is 17.0 Å². The van der Waals surface area contributed by atoms with Crippen LogP contribution in [-0.4, -0.2) is 64.2 Å². The van der Waals surface area contributed by atoms with Gasteiger partial charge in [-0.3, -0.25) is 4.79 Å². The zero-order chi connectivity index (χ0) is 26.2. The van der Waals surface area contributed by atoms with Crippen LogP contribution < -0.4 is 14.5 Å². The molecule has 3 aromatic rings. The molecular formula is C26H25N3O6S. The largest absolute Gasteiger partial charge is 0.478 e. The van der Waals surface area contributed by atoms with E-state index < -0.39 is 27.4 Å². The van der Waals surface area contributed by atoms with Crippen LogP contribution in [0.25, 0.3) is 0 Å². The standard InChI is InChI=1S/C26H25N3O6S/c1-27(2)16-7-10-19-22(13-16)35-23-14-17(28(3)4)8-11-20(23)26(19)21-12-15(25(31)32)6-9-18(21)24(30)29(26)36(5,33)34/h6-14H,1-5H3,(H,31,32). The molecule has 1 spiro atoms. The zero-order valence-corrected chi connectivity index (χ0v) is 21.3. The van der Waals surface area contributed by atoms with Gasteiger partial charge in [0.15, 0.2) is 0 Å². The number of anilines is 2. The molecule has 2 aliphatic rings. The minimum absolute atomic E-state index is 0.0549. The predicted molar refractivity (Wildman–Crippen MR) is 136 cm³/mol. The molecule has 0 radical (unpaired) electrons. The minimum atomic E-state index is -4.14. The number of aromatic carboxylic acids is 1. The molecule has 3 aromatic carbocycles. The second-order valence-corrected chi connectivity index (χ2v) is 11.2. The maximum absolute atomic E-state index is 13.7. The highest BCUT2D eigenvalue weighted by Gasteiger charge is 2.60. The lowest BCUT2D eigenvalue weighted by Gasteiger charge is -2.43. The molecule has 0 fully saturated rings. The average Bonchev–Trinajstić information content (AvgIpc) is 3.07. The third-order valence-electron chi connectivity index (χ3n) is 6.67. The maximum Gasteiger partial charge on any atom is 0.335 e. The minimum Gasteiger partial charge on any atom is -0.478 e. The summed E-state index contributed by atoms with van der Waals surface area (Å²) >= 11 is 0. The molecule has 0 unspecified atom stereocenters. The molecule has 5 rings (SSSR count). The number of carboxylic acids is 1. The second kappa shape index (κ2) is 7.72. The Morgan fingerprint density at radius 3 is 1.83 bits per heavy atom. The Hall–Kier alpha value is -4.05. The van der Waals surface area contributed by atoms with E-state index in [0.717, 1.165) is 21.9 Å². The monoisotopic (exact) mass is 507 g/mol. The van der Waals surface area contributed by atoms with Crippen molar-refractivity contribution in [2.75, 3.05) is 44.2 Å². The number of carbonyl (C=O) groups excluding carboxylic acids is 1. The van der Waals surface area contributed by atoms with Crippen molar-refractivity contribution in [1.82, 2.24) is 4.31 Å². The Bertz CT molecular complexity index is 1500. The number of rotatable bonds is 4. The van der Waals surface area contributed by atoms with Crippen molar-refractivity contribution in [3.63, 3.8) is 0 Å². The summed E-state index contributed by atoms with van der Waals surface area (Å²) in [5.41, 5.74) is 1.18. The first kappa shape index (κ1) is 23.7. The van der Waals surface area contributed by atoms with Gasteiger partial charge in [0.05, 0.1) is 11.8 Å². The van der Waals surface area contributed by atoms with Gasteiger partial charge in [0, 0.05) is 74.0 Å². The fourth-order valence-electron chi connectivity index (χ4n) is 5.05. The topological polar surface area (TPSA) is 107 Å². The van der Waals surface area contributed by atoms with Gasteiger partial charge in [-0.05, 0) is 30.3 Å². The number of carboxylic acid groups (broad SMARTS) is 1. The first-order valence-electron chi connectivity index (χ1n) is 11.1. The molecule has 0 aliphatic carbocycles. The van der Waals surface area contributed by atoms with Crippen LogP contribution in [0.4, 0.5) is 11.4 Å². The number of carbonyl (C=O) groups is 2. The highest BCUT2D eigenvalue weighted by molar-refractivity contribution is 7.89. The number of hydrogen-bond donors (Lipinski definition) is 1. The summed E-state index contributed by atoms with van der Waals surface area (Å²) in [6.45, 7) is 0. The summed E-state index contributed by atoms with van der Waals surface area (Å²) < 4.78 is 33.8. The van der Waals surface area contributed by atoms with Crippen LogP contribution in [0.5, 0.6) is 11.5 Å². The molecule has 186 valence electrons. The summed E-state index contributed by atoms with van der Waals surface area (Å²) in [6.07, 6.45) is 0.980. The lowest BCUT2D eigenvalue weighted by atomic mass is 9.75. The number of fused-ring (bicyclic) bond motifs is 6. The molecule has 2 heterocycles. The van der Waals surface area contributed by atoms with Gasteiger partial charge < -0.3 is 19.6 Å². The van der Waals surface area contributed by atoms with E-state index in [1.165, 1.54) is 18.2 Å². The van der Waals surface area contributed by atoms with Crippen LogP contribution >= 0.6 is 0 Å². The second-order valence-electron chi connectivity index (χ2n) is 9.36. The Kier molecular flexibility index (Phi) is 5.08. The first-order valence-corrected chi connectivity index (χ1v) is 13.0. The van der Waals surface area contributed by atoms with E-state index in [4.69, 9.17) is 4.74 Å². The van der Waals surface area contributed by atoms with Crippen LogP contribution in [0.2, 0.25) is 0 Å². The van der Waals surface area contributed by atoms with Gasteiger partial charge in [-0.1, -0.05) is 12.1 Å². The third-order valence-corrected chi connectivity index (χ3v) is 7.77. The van der Waals surface area contributed by atoms with Crippen molar-refractivity contribution in [2.24, 2.45) is 0 Å². The zero-order valence-electron chi connectivity index (χ0n) is 20.4. The maximum atomic E-state index is 13.7. The molecule has 2 aliphatic heterocycles. The van der Waals surface area contributed by atoms with Gasteiger partial charge in [0.2, 0.25) is 10.0 Å². The van der Waals surface area contributed by atoms with Crippen LogP contribution in [0.1, 0.15) is 37.4 Å². The third kappa shape index (κ3) is 3.17. The van der Waals surface area contributed by atoms with Crippen LogP contribution in [0.3, 0.4) is 0 Å². The normalized spacial score (nSPS) is 15.1. The van der Waals surface area contributed by atoms with E-state index in [2.05, 4.69) is 0 Å². The molecule has 10 heteroatoms. The van der Waals surface area contributed by atoms with Crippen molar-refractivity contribution >= 4 is 33.3 Å². The van der Waals surface area contributed by atoms with Crippen LogP contribution in [0.15, 0.2) is 54.6 Å². The van der Waals surface area contributed by atoms with Crippen molar-refractivity contribution in [3.05, 3.63) is 82.4 Å². The Morgan fingerprint density at radius 2 is 1.39 bits per heavy atom. The Labute approximate surface area is 209 Å². The van der Waals surface area contributed by atoms with Crippen molar-refractivity contribution in [3.8, 4) is 11.5 Å². The lowest BCUT2D eigenvalue weighted by Crippen LogP contribution is -2.50. The van der Waals surface area contributed by atoms with E-state index in [1.807, 2.05) is 50.1 Å². The highest BCUT2D eigenvalue weighted by atomic mass is 32.2. The van der Waals surface area contributed by atoms with Crippen molar-refractivity contribution < 1.29 is 27.9 Å². The summed E-state index contributed by atoms with van der Waals surface area (Å²) in [6, 6.07) is 14.7. The van der Waals surface area contributed by atoms with Gasteiger partial charge in [-0.2, -0.15) is 0 Å². The fraction of sp³-hybridized carbons (Fsp3) is 0.231. The van der Waals surface area contributed by atoms with Gasteiger partial charge in [-0.15, -0.1) is 0 Å². The molecule has 0 saturated heterocycles. The number of hydrogen-bond acceptors (Lipinski definition) is 7. The molecule has 0 saturated carbocycles. The van der Waals surface area contributed by atoms with Gasteiger partial charge >= 0.3 is 5.97 Å². The van der Waals surface area contributed by atoms with Gasteiger partial charge in [-0.25, -0.2) is 17.5 Å². The van der Waals surface area contributed by atoms with Gasteiger partial charge in [0.25, 0.3) is 5.91 Å². The number of sulfonamides is 1. The fourth-order valence-corrected chi connectivity index (χ4v) is 6.24. The molecule has 1 amide bonds. The number of ether oxygens (including phenoxy) is 1. The SMILES string of the molecule is CN(C)c1ccc2c(c1)Oc1cc(N(C)C)ccc1C21c2cc(C(=O)O)ccc2C(=O)N1S(C)(=O)=O. The molecule has 9 nitrogen and oxygen atoms in total. The predicted octanol–water partition coefficient (Wildman–Crippen LogP) is 3.33. The lowest BCUT2D eigenvalue weighted by molar-refractivity contribution is 0.0696. The smallest absolute Gasteiger partial charge is 0.335 e. The number of nitrogens with zero attached hydrogens (tertiary/aromatic N) is 3. The molecule has 0 aromatic heterocycles. The van der Waals surface area contributed by atoms with Crippen molar-refractivity contribution in [2.45, 2.75) is 5.54 Å². The average molecular weight is 508 g/mol. The van der Waals surface area contributed by atoms with Crippen molar-refractivity contribution in [1.29, 1.82) is 0 Å². The summed E-state index contributed by atoms with van der Waals surface area (Å²) in [7, 11) is 3.34. The number of benzene rings is 3. The van der Waals surface area contributed by atoms with Crippen LogP contribution in [-0.2, 0) is 15.6 Å². The van der Waals surface area contributed by atoms with E-state index in [1.54, 1.807) is 24.3 Å². The molecule has 1 N–H and O–H groups in total. The van der Waals surface area contributed by atoms with E-state index in [-0.39, 0.29) is 16.7 Å². The summed E-state index contributed by atoms with van der Waals surface area (Å²) in [5, 5.41) is 9.73. The first-order chi connectivity index (χ1) is 16.9. The molecule has 36 heavy (non-hydrogen) atoms. The number of amides is 1. The van der Waals surface area contributed by atoms with Crippen LogP contribution in [0, 0.1) is 0 Å². The summed E-state index contributed by atoms with van der Waals surface area (Å²) in [5.74, 6) is -1.16. The molecule has 0 atom stereocenters. The quantitative estimate of drug-likeness (QED) is 0.573. The molecular weight excluding hydrogens is 482 g/mol. The van der Waals surface area contributed by atoms with E-state index in [9.17, 15) is 23.1 Å². The van der Waals surface area contributed by atoms with E-state index in [0.29, 0.717) is 22.6 Å².